The summed E-state index contributed by atoms with van der Waals surface area (Å²) in [6.07, 6.45) is 1.90. The summed E-state index contributed by atoms with van der Waals surface area (Å²) in [6.45, 7) is 10.8. The summed E-state index contributed by atoms with van der Waals surface area (Å²) < 4.78 is 6.00. The molecule has 0 saturated heterocycles. The molecule has 0 spiro atoms. The first kappa shape index (κ1) is 14.4. The highest BCUT2D eigenvalue weighted by Crippen LogP contribution is 2.36. The summed E-state index contributed by atoms with van der Waals surface area (Å²) in [4.78, 5) is 3.14. The fraction of sp³-hybridized carbons (Fsp3) is 0.429. The van der Waals surface area contributed by atoms with Crippen molar-refractivity contribution in [2.24, 2.45) is 0 Å². The predicted molar refractivity (Wildman–Crippen MR) is 84.2 cm³/mol. The molecular weight excluding hydrogens is 253 g/mol. The molecule has 0 amide bonds. The first-order valence-electron chi connectivity index (χ1n) is 6.64. The highest BCUT2D eigenvalue weighted by molar-refractivity contribution is 6.82. The largest absolute Gasteiger partial charge is 0.480 e. The van der Waals surface area contributed by atoms with Gasteiger partial charge in [0.1, 0.15) is 0 Å². The van der Waals surface area contributed by atoms with Crippen molar-refractivity contribution in [2.75, 3.05) is 0 Å². The zero-order chi connectivity index (χ0) is 14.3. The van der Waals surface area contributed by atoms with E-state index in [1.54, 1.807) is 0 Å². The monoisotopic (exact) mass is 275 g/mol. The van der Waals surface area contributed by atoms with Gasteiger partial charge >= 0.3 is 7.12 Å². The van der Waals surface area contributed by atoms with Crippen LogP contribution in [0.25, 0.3) is 10.9 Å². The molecule has 19 heavy (non-hydrogen) atoms. The van der Waals surface area contributed by atoms with Crippen LogP contribution in [-0.2, 0) is 4.34 Å². The molecule has 1 aromatic carbocycles. The Balaban J connectivity index is 2.22. The van der Waals surface area contributed by atoms with Gasteiger partial charge in [0.15, 0.2) is 8.32 Å². The number of fused-ring (bicyclic) bond motifs is 1. The van der Waals surface area contributed by atoms with Gasteiger partial charge in [-0.1, -0.05) is 32.9 Å². The molecule has 1 aromatic heterocycles. The van der Waals surface area contributed by atoms with Gasteiger partial charge in [0.05, 0.1) is 0 Å². The molecule has 0 atom stereocenters. The lowest BCUT2D eigenvalue weighted by Crippen LogP contribution is -2.49. The number of nitrogens with one attached hydrogen (secondary N) is 1. The van der Waals surface area contributed by atoms with Crippen molar-refractivity contribution < 1.29 is 9.37 Å². The van der Waals surface area contributed by atoms with Gasteiger partial charge < -0.3 is 14.4 Å². The number of H-pyrrole nitrogens is 1. The maximum absolute atomic E-state index is 10.3. The van der Waals surface area contributed by atoms with E-state index >= 15 is 0 Å². The third kappa shape index (κ3) is 2.94. The van der Waals surface area contributed by atoms with Gasteiger partial charge in [-0.15, -0.1) is 0 Å². The van der Waals surface area contributed by atoms with Crippen molar-refractivity contribution in [1.82, 2.24) is 4.98 Å². The fourth-order valence-corrected chi connectivity index (χ4v) is 2.80. The second-order valence-electron chi connectivity index (χ2n) is 6.55. The van der Waals surface area contributed by atoms with Crippen LogP contribution >= 0.6 is 0 Å². The number of benzene rings is 1. The van der Waals surface area contributed by atoms with Crippen molar-refractivity contribution in [3.05, 3.63) is 30.5 Å². The van der Waals surface area contributed by atoms with Crippen LogP contribution in [0, 0.1) is 0 Å². The van der Waals surface area contributed by atoms with Crippen molar-refractivity contribution in [2.45, 2.75) is 38.9 Å². The maximum Gasteiger partial charge on any atom is 0.480 e. The minimum atomic E-state index is -1.96. The summed E-state index contributed by atoms with van der Waals surface area (Å²) in [5, 5.41) is 11.5. The molecule has 0 saturated carbocycles. The Kier molecular flexibility index (Phi) is 3.64. The lowest BCUT2D eigenvalue weighted by Gasteiger charge is -2.37. The smallest absolute Gasteiger partial charge is 0.449 e. The minimum Gasteiger partial charge on any atom is -0.449 e. The Bertz CT molecular complexity index is 574. The fourth-order valence-electron chi connectivity index (χ4n) is 1.75. The molecule has 0 radical (unpaired) electrons. The second-order valence-corrected chi connectivity index (χ2v) is 11.3. The number of rotatable bonds is 3. The molecular formula is C14H22BNO2Si. The van der Waals surface area contributed by atoms with Crippen molar-refractivity contribution in [1.29, 1.82) is 0 Å². The third-order valence-corrected chi connectivity index (χ3v) is 8.50. The molecule has 2 rings (SSSR count). The van der Waals surface area contributed by atoms with Crippen LogP contribution in [0.2, 0.25) is 18.1 Å². The standard InChI is InChI=1S/C14H22BNO2Si/c1-14(2,3)19(4,5)18-15(17)12-6-7-13-11(10-12)8-9-16-13/h6-10,16-17H,1-5H3. The lowest BCUT2D eigenvalue weighted by molar-refractivity contribution is 0.406. The molecule has 0 fully saturated rings. The minimum absolute atomic E-state index is 0.0895. The van der Waals surface area contributed by atoms with E-state index in [9.17, 15) is 5.02 Å². The molecule has 3 nitrogen and oxygen atoms in total. The molecule has 0 unspecified atom stereocenters. The molecule has 0 aliphatic heterocycles. The van der Waals surface area contributed by atoms with Gasteiger partial charge in [-0.25, -0.2) is 0 Å². The second kappa shape index (κ2) is 4.81. The summed E-state index contributed by atoms with van der Waals surface area (Å²) in [6, 6.07) is 7.86. The van der Waals surface area contributed by atoms with E-state index in [4.69, 9.17) is 4.34 Å². The molecule has 1 heterocycles. The van der Waals surface area contributed by atoms with Crippen LogP contribution in [0.5, 0.6) is 0 Å². The summed E-state index contributed by atoms with van der Waals surface area (Å²) >= 11 is 0. The van der Waals surface area contributed by atoms with Crippen LogP contribution in [-0.4, -0.2) is 25.4 Å². The first-order valence-corrected chi connectivity index (χ1v) is 9.54. The van der Waals surface area contributed by atoms with E-state index in [1.807, 2.05) is 30.5 Å². The zero-order valence-corrected chi connectivity index (χ0v) is 13.3. The van der Waals surface area contributed by atoms with Gasteiger partial charge in [0.2, 0.25) is 0 Å². The van der Waals surface area contributed by atoms with Gasteiger partial charge in [-0.05, 0) is 41.1 Å². The zero-order valence-electron chi connectivity index (χ0n) is 12.3. The predicted octanol–water partition coefficient (Wildman–Crippen LogP) is 2.88. The van der Waals surface area contributed by atoms with Gasteiger partial charge in [0.25, 0.3) is 0 Å². The average Bonchev–Trinajstić information content (AvgIpc) is 2.73. The Morgan fingerprint density at radius 2 is 1.89 bits per heavy atom. The number of aromatic nitrogens is 1. The van der Waals surface area contributed by atoms with Crippen molar-refractivity contribution in [3.8, 4) is 0 Å². The molecule has 2 N–H and O–H groups in total. The topological polar surface area (TPSA) is 45.2 Å². The van der Waals surface area contributed by atoms with Crippen LogP contribution in [0.15, 0.2) is 30.5 Å². The lowest BCUT2D eigenvalue weighted by atomic mass is 9.80. The third-order valence-electron chi connectivity index (χ3n) is 4.07. The Morgan fingerprint density at radius 1 is 1.21 bits per heavy atom. The number of hydrogen-bond acceptors (Lipinski definition) is 2. The summed E-state index contributed by atoms with van der Waals surface area (Å²) in [5.41, 5.74) is 1.89. The Hall–Kier alpha value is -1.04. The van der Waals surface area contributed by atoms with E-state index in [-0.39, 0.29) is 5.04 Å². The van der Waals surface area contributed by atoms with Crippen LogP contribution in [0.3, 0.4) is 0 Å². The normalized spacial score (nSPS) is 12.9. The van der Waals surface area contributed by atoms with E-state index in [0.29, 0.717) is 0 Å². The first-order chi connectivity index (χ1) is 8.71. The molecule has 5 heteroatoms. The van der Waals surface area contributed by atoms with Crippen molar-refractivity contribution in [3.63, 3.8) is 0 Å². The van der Waals surface area contributed by atoms with Crippen molar-refractivity contribution >= 4 is 31.8 Å². The average molecular weight is 275 g/mol. The van der Waals surface area contributed by atoms with E-state index in [1.165, 1.54) is 0 Å². The Morgan fingerprint density at radius 3 is 2.53 bits per heavy atom. The maximum atomic E-state index is 10.3. The summed E-state index contributed by atoms with van der Waals surface area (Å²) in [7, 11) is -2.81. The number of hydrogen-bond donors (Lipinski definition) is 2. The highest BCUT2D eigenvalue weighted by Gasteiger charge is 2.40. The van der Waals surface area contributed by atoms with Crippen LogP contribution < -0.4 is 5.46 Å². The molecule has 0 aliphatic rings. The SMILES string of the molecule is CC(C)(C)[Si](C)(C)OB(O)c1ccc2[nH]ccc2c1. The molecule has 0 aliphatic carbocycles. The highest BCUT2D eigenvalue weighted by atomic mass is 28.4. The summed E-state index contributed by atoms with van der Waals surface area (Å²) in [5.74, 6) is 0. The van der Waals surface area contributed by atoms with Gasteiger partial charge in [-0.2, -0.15) is 0 Å². The van der Waals surface area contributed by atoms with E-state index in [2.05, 4.69) is 38.8 Å². The molecule has 0 bridgehead atoms. The quantitative estimate of drug-likeness (QED) is 0.846. The molecule has 102 valence electrons. The Labute approximate surface area is 116 Å². The van der Waals surface area contributed by atoms with Crippen LogP contribution in [0.1, 0.15) is 20.8 Å². The van der Waals surface area contributed by atoms with Gasteiger partial charge in [0, 0.05) is 11.7 Å². The van der Waals surface area contributed by atoms with Crippen LogP contribution in [0.4, 0.5) is 0 Å². The molecule has 2 aromatic rings. The van der Waals surface area contributed by atoms with Gasteiger partial charge in [-0.3, -0.25) is 0 Å². The van der Waals surface area contributed by atoms with E-state index in [0.717, 1.165) is 16.4 Å². The number of aromatic amines is 1. The van der Waals surface area contributed by atoms with E-state index < -0.39 is 15.4 Å².